The molecule has 0 radical (unpaired) electrons. The van der Waals surface area contributed by atoms with E-state index in [2.05, 4.69) is 35.1 Å². The summed E-state index contributed by atoms with van der Waals surface area (Å²) in [4.78, 5) is 45.1. The number of fused-ring (bicyclic) bond motifs is 2. The van der Waals surface area contributed by atoms with Gasteiger partial charge in [-0.3, -0.25) is 4.79 Å². The van der Waals surface area contributed by atoms with E-state index >= 15 is 0 Å². The maximum absolute atomic E-state index is 12.7. The lowest BCUT2D eigenvalue weighted by molar-refractivity contribution is 0.0690. The number of rotatable bonds is 10. The van der Waals surface area contributed by atoms with Crippen LogP contribution in [0, 0.1) is 0 Å². The van der Waals surface area contributed by atoms with E-state index in [9.17, 15) is 9.59 Å². The Kier molecular flexibility index (Phi) is 15.2. The first kappa shape index (κ1) is 48.0. The van der Waals surface area contributed by atoms with Crippen LogP contribution in [0.5, 0.6) is 34.8 Å². The van der Waals surface area contributed by atoms with Gasteiger partial charge in [0.05, 0.1) is 93.0 Å². The number of nitrogens with zero attached hydrogens (tertiary/aromatic N) is 9. The number of carbonyl (C=O) groups is 2. The minimum Gasteiger partial charge on any atom is -0.490 e. The van der Waals surface area contributed by atoms with Crippen LogP contribution in [0.2, 0.25) is 0 Å². The summed E-state index contributed by atoms with van der Waals surface area (Å²) in [7, 11) is 6.67. The number of hydrogen-bond donors (Lipinski definition) is 4. The monoisotopic (exact) mass is 934 g/mol. The van der Waals surface area contributed by atoms with Crippen molar-refractivity contribution in [3.63, 3.8) is 0 Å². The van der Waals surface area contributed by atoms with Crippen LogP contribution >= 0.6 is 0 Å². The van der Waals surface area contributed by atoms with E-state index in [4.69, 9.17) is 45.0 Å². The molecule has 2 saturated heterocycles. The second kappa shape index (κ2) is 21.6. The Balaban J connectivity index is 0.000000172. The molecule has 6 N–H and O–H groups in total. The molecular formula is C47H58N12O9. The van der Waals surface area contributed by atoms with Gasteiger partial charge in [0, 0.05) is 58.1 Å². The standard InChI is InChI=1S/C23H26N6O4.C18H22N4O3.C5H6N2O2.CH4/c1-27-13-19(26-14-27)23(30)28-6-5-17(12-28)33-16-3-4-21-20(10-16)29(7-8-32-21)15-9-18(24)22(31-2)25-11-15;1-23-18-15(19)8-12(10-21-18)22-6-7-24-17-3-2-13(9-16(17)22)25-14-4-5-20-11-14;1-7-2-4(5(8)9)6-3-7;/h3-4,9-11,13-14,17H,5-8,12,24H2,1-2H3;2-3,8-10,14,20H,4-7,11,19H2,1H3;2-3H,1H3,(H,8,9);1H4/t17-;14-;;/m00../s1. The number of imidazole rings is 2. The molecule has 360 valence electrons. The Morgan fingerprint density at radius 1 is 0.721 bits per heavy atom. The number of nitrogen functional groups attached to an aromatic ring is 2. The van der Waals surface area contributed by atoms with E-state index < -0.39 is 5.97 Å². The summed E-state index contributed by atoms with van der Waals surface area (Å²) in [6, 6.07) is 15.4. The van der Waals surface area contributed by atoms with Crippen molar-refractivity contribution in [2.45, 2.75) is 32.5 Å². The van der Waals surface area contributed by atoms with Gasteiger partial charge in [-0.25, -0.2) is 24.7 Å². The summed E-state index contributed by atoms with van der Waals surface area (Å²) >= 11 is 0. The van der Waals surface area contributed by atoms with Crippen LogP contribution in [0.1, 0.15) is 41.2 Å². The van der Waals surface area contributed by atoms with Crippen molar-refractivity contribution in [3.8, 4) is 34.8 Å². The quantitative estimate of drug-likeness (QED) is 0.142. The van der Waals surface area contributed by atoms with Gasteiger partial charge in [-0.2, -0.15) is 0 Å². The molecular weight excluding hydrogens is 877 g/mol. The Bertz CT molecular complexity index is 2690. The number of aromatic carboxylic acids is 1. The van der Waals surface area contributed by atoms with E-state index in [1.54, 1.807) is 60.2 Å². The van der Waals surface area contributed by atoms with Crippen LogP contribution in [0.4, 0.5) is 34.1 Å². The average molecular weight is 935 g/mol. The number of benzene rings is 2. The number of amides is 1. The van der Waals surface area contributed by atoms with Crippen molar-refractivity contribution in [2.75, 3.05) is 88.0 Å². The highest BCUT2D eigenvalue weighted by Crippen LogP contribution is 2.42. The molecule has 21 heteroatoms. The molecule has 4 aromatic heterocycles. The zero-order chi connectivity index (χ0) is 47.0. The predicted molar refractivity (Wildman–Crippen MR) is 255 cm³/mol. The number of carboxylic acids is 1. The number of carboxylic acid groups (broad SMARTS) is 1. The lowest BCUT2D eigenvalue weighted by Gasteiger charge is -2.31. The third kappa shape index (κ3) is 11.2. The van der Waals surface area contributed by atoms with Crippen LogP contribution in [-0.4, -0.2) is 130 Å². The van der Waals surface area contributed by atoms with Gasteiger partial charge in [-0.15, -0.1) is 0 Å². The third-order valence-corrected chi connectivity index (χ3v) is 11.2. The molecule has 10 rings (SSSR count). The molecule has 0 spiro atoms. The van der Waals surface area contributed by atoms with E-state index in [0.29, 0.717) is 61.7 Å². The van der Waals surface area contributed by atoms with Gasteiger partial charge in [0.25, 0.3) is 5.91 Å². The molecule has 0 aliphatic carbocycles. The summed E-state index contributed by atoms with van der Waals surface area (Å²) < 4.78 is 37.6. The summed E-state index contributed by atoms with van der Waals surface area (Å²) in [5.74, 6) is 2.93. The molecule has 4 aliphatic heterocycles. The van der Waals surface area contributed by atoms with Gasteiger partial charge < -0.3 is 74.1 Å². The fraction of sp³-hybridized carbons (Fsp3) is 0.362. The van der Waals surface area contributed by atoms with Crippen molar-refractivity contribution in [1.29, 1.82) is 0 Å². The molecule has 2 aromatic carbocycles. The predicted octanol–water partition coefficient (Wildman–Crippen LogP) is 4.93. The molecule has 1 amide bonds. The molecule has 0 saturated carbocycles. The first-order valence-electron chi connectivity index (χ1n) is 21.7. The van der Waals surface area contributed by atoms with Gasteiger partial charge in [-0.1, -0.05) is 7.43 Å². The van der Waals surface area contributed by atoms with Gasteiger partial charge in [-0.05, 0) is 49.4 Å². The highest BCUT2D eigenvalue weighted by molar-refractivity contribution is 5.92. The SMILES string of the molecule is C.COc1ncc(N2CCOc3ccc(O[C@H]4CCN(C(=O)c5cn(C)cn5)C4)cc32)cc1N.COc1ncc(N2CCOc3ccc(O[C@H]4CCNC4)cc32)cc1N.Cn1cnc(C(=O)O)c1. The average Bonchev–Trinajstić information content (AvgIpc) is 4.19. The van der Waals surface area contributed by atoms with Crippen LogP contribution in [0.25, 0.3) is 0 Å². The number of hydrogen-bond acceptors (Lipinski definition) is 17. The molecule has 21 nitrogen and oxygen atoms in total. The molecule has 8 heterocycles. The number of methoxy groups -OCH3 is 2. The Morgan fingerprint density at radius 2 is 1.25 bits per heavy atom. The lowest BCUT2D eigenvalue weighted by Crippen LogP contribution is -2.31. The second-order valence-electron chi connectivity index (χ2n) is 16.0. The highest BCUT2D eigenvalue weighted by atomic mass is 16.5. The summed E-state index contributed by atoms with van der Waals surface area (Å²) in [6.45, 7) is 5.56. The normalized spacial score (nSPS) is 16.8. The minimum atomic E-state index is -0.990. The van der Waals surface area contributed by atoms with Crippen LogP contribution in [-0.2, 0) is 14.1 Å². The van der Waals surface area contributed by atoms with Crippen LogP contribution < -0.4 is 55.0 Å². The highest BCUT2D eigenvalue weighted by Gasteiger charge is 2.30. The molecule has 6 aromatic rings. The van der Waals surface area contributed by atoms with E-state index in [1.807, 2.05) is 55.6 Å². The fourth-order valence-corrected chi connectivity index (χ4v) is 7.96. The zero-order valence-electron chi connectivity index (χ0n) is 37.7. The van der Waals surface area contributed by atoms with E-state index in [-0.39, 0.29) is 31.2 Å². The number of ether oxygens (including phenoxy) is 6. The van der Waals surface area contributed by atoms with Crippen LogP contribution in [0.15, 0.2) is 86.0 Å². The number of nitrogens with two attached hydrogens (primary N) is 2. The number of aromatic nitrogens is 6. The number of anilines is 6. The number of carbonyl (C=O) groups excluding carboxylic acids is 1. The molecule has 0 unspecified atom stereocenters. The van der Waals surface area contributed by atoms with Crippen LogP contribution in [0.3, 0.4) is 0 Å². The van der Waals surface area contributed by atoms with E-state index in [0.717, 1.165) is 78.2 Å². The Labute approximate surface area is 394 Å². The minimum absolute atomic E-state index is 0. The number of aryl methyl sites for hydroxylation is 2. The summed E-state index contributed by atoms with van der Waals surface area (Å²) in [5, 5.41) is 11.6. The van der Waals surface area contributed by atoms with Gasteiger partial charge in [0.2, 0.25) is 11.8 Å². The first-order valence-corrected chi connectivity index (χ1v) is 21.7. The summed E-state index contributed by atoms with van der Waals surface area (Å²) in [5.41, 5.74) is 17.2. The van der Waals surface area contributed by atoms with Gasteiger partial charge in [0.15, 0.2) is 5.69 Å². The molecule has 68 heavy (non-hydrogen) atoms. The van der Waals surface area contributed by atoms with Crippen molar-refractivity contribution in [3.05, 3.63) is 97.4 Å². The van der Waals surface area contributed by atoms with Gasteiger partial charge >= 0.3 is 5.97 Å². The number of pyridine rings is 2. The molecule has 0 bridgehead atoms. The van der Waals surface area contributed by atoms with E-state index in [1.165, 1.54) is 12.5 Å². The number of likely N-dealkylation sites (tertiary alicyclic amines) is 1. The molecule has 2 atom stereocenters. The third-order valence-electron chi connectivity index (χ3n) is 11.2. The van der Waals surface area contributed by atoms with Crippen molar-refractivity contribution in [2.24, 2.45) is 14.1 Å². The molecule has 4 aliphatic rings. The summed E-state index contributed by atoms with van der Waals surface area (Å²) in [6.07, 6.45) is 11.7. The molecule has 2 fully saturated rings. The van der Waals surface area contributed by atoms with Crippen molar-refractivity contribution < 1.29 is 43.1 Å². The van der Waals surface area contributed by atoms with Crippen molar-refractivity contribution in [1.82, 2.24) is 39.3 Å². The zero-order valence-corrected chi connectivity index (χ0v) is 37.7. The largest absolute Gasteiger partial charge is 0.490 e. The van der Waals surface area contributed by atoms with Gasteiger partial charge in [0.1, 0.15) is 54.1 Å². The maximum atomic E-state index is 12.7. The fourth-order valence-electron chi connectivity index (χ4n) is 7.96. The smallest absolute Gasteiger partial charge is 0.356 e. The second-order valence-corrected chi connectivity index (χ2v) is 16.0. The topological polar surface area (TPSA) is 245 Å². The number of nitrogens with one attached hydrogen (secondary N) is 1. The maximum Gasteiger partial charge on any atom is 0.356 e. The Morgan fingerprint density at radius 3 is 1.69 bits per heavy atom. The van der Waals surface area contributed by atoms with Crippen molar-refractivity contribution >= 4 is 46.0 Å². The first-order chi connectivity index (χ1) is 32.5. The lowest BCUT2D eigenvalue weighted by atomic mass is 10.2. The Hall–Kier alpha value is -7.94.